The van der Waals surface area contributed by atoms with Gasteiger partial charge in [-0.3, -0.25) is 5.43 Å². The van der Waals surface area contributed by atoms with Gasteiger partial charge in [-0.1, -0.05) is 29.5 Å². The molecule has 0 aromatic carbocycles. The van der Waals surface area contributed by atoms with Gasteiger partial charge in [0.1, 0.15) is 0 Å². The van der Waals surface area contributed by atoms with E-state index >= 15 is 0 Å². The highest BCUT2D eigenvalue weighted by Crippen LogP contribution is 2.35. The molecule has 11 heavy (non-hydrogen) atoms. The Kier molecular flexibility index (Phi) is 2.39. The molecule has 4 atom stereocenters. The molecule has 2 N–H and O–H groups in total. The molecular formula is C8H15IN2. The molecule has 0 aromatic heterocycles. The molecule has 1 saturated carbocycles. The van der Waals surface area contributed by atoms with Gasteiger partial charge < -0.3 is 0 Å². The van der Waals surface area contributed by atoms with Crippen LogP contribution < -0.4 is 10.9 Å². The van der Waals surface area contributed by atoms with Crippen molar-refractivity contribution in [2.75, 3.05) is 0 Å². The molecule has 2 aliphatic rings. The molecule has 2 rings (SSSR count). The lowest BCUT2D eigenvalue weighted by atomic mass is 9.80. The molecule has 0 radical (unpaired) electrons. The smallest absolute Gasteiger partial charge is 0.0770 e. The monoisotopic (exact) mass is 266 g/mol. The Hall–Kier alpha value is 0.650. The molecule has 1 heterocycles. The fourth-order valence-corrected chi connectivity index (χ4v) is 3.20. The molecule has 0 amide bonds. The Morgan fingerprint density at radius 1 is 1.27 bits per heavy atom. The van der Waals surface area contributed by atoms with Crippen molar-refractivity contribution in [3.8, 4) is 0 Å². The predicted molar refractivity (Wildman–Crippen MR) is 54.4 cm³/mol. The van der Waals surface area contributed by atoms with Crippen molar-refractivity contribution in [1.82, 2.24) is 10.9 Å². The zero-order valence-corrected chi connectivity index (χ0v) is 8.97. The summed E-state index contributed by atoms with van der Waals surface area (Å²) >= 11 is 2.50. The first-order valence-electron chi connectivity index (χ1n) is 4.42. The molecule has 3 heteroatoms. The average molecular weight is 266 g/mol. The van der Waals surface area contributed by atoms with Gasteiger partial charge >= 0.3 is 0 Å². The van der Waals surface area contributed by atoms with Crippen molar-refractivity contribution >= 4 is 22.6 Å². The number of hydrogen-bond acceptors (Lipinski definition) is 2. The van der Waals surface area contributed by atoms with Crippen molar-refractivity contribution in [2.24, 2.45) is 11.8 Å². The van der Waals surface area contributed by atoms with Crippen molar-refractivity contribution in [3.63, 3.8) is 0 Å². The largest absolute Gasteiger partial charge is 0.253 e. The molecule has 0 aromatic rings. The molecule has 1 aliphatic heterocycles. The Labute approximate surface area is 81.6 Å². The lowest BCUT2D eigenvalue weighted by Gasteiger charge is -2.29. The second-order valence-corrected chi connectivity index (χ2v) is 5.22. The van der Waals surface area contributed by atoms with E-state index in [1.165, 1.54) is 19.3 Å². The van der Waals surface area contributed by atoms with Crippen LogP contribution in [0, 0.1) is 11.8 Å². The van der Waals surface area contributed by atoms with Crippen LogP contribution in [0.25, 0.3) is 0 Å². The summed E-state index contributed by atoms with van der Waals surface area (Å²) in [4.78, 5) is 0. The number of nitrogens with one attached hydrogen (secondary N) is 2. The molecule has 2 nitrogen and oxygen atoms in total. The molecule has 1 aliphatic carbocycles. The predicted octanol–water partition coefficient (Wildman–Crippen LogP) is 1.66. The van der Waals surface area contributed by atoms with Crippen molar-refractivity contribution in [1.29, 1.82) is 0 Å². The maximum Gasteiger partial charge on any atom is 0.0770 e. The molecule has 64 valence electrons. The fourth-order valence-electron chi connectivity index (χ4n) is 2.22. The summed E-state index contributed by atoms with van der Waals surface area (Å²) in [6.07, 6.45) is 4.16. The van der Waals surface area contributed by atoms with E-state index in [0.29, 0.717) is 4.05 Å². The highest BCUT2D eigenvalue weighted by molar-refractivity contribution is 14.1. The number of alkyl halides is 1. The van der Waals surface area contributed by atoms with Crippen LogP contribution in [-0.4, -0.2) is 10.1 Å². The van der Waals surface area contributed by atoms with Gasteiger partial charge in [-0.25, -0.2) is 5.43 Å². The Bertz CT molecular complexity index is 151. The van der Waals surface area contributed by atoms with Gasteiger partial charge in [0.05, 0.1) is 4.05 Å². The van der Waals surface area contributed by atoms with Gasteiger partial charge in [-0.05, 0) is 25.2 Å². The summed E-state index contributed by atoms with van der Waals surface area (Å²) in [5, 5.41) is 0. The first-order chi connectivity index (χ1) is 5.27. The number of hydrogen-bond donors (Lipinski definition) is 2. The van der Waals surface area contributed by atoms with Gasteiger partial charge in [-0.15, -0.1) is 0 Å². The van der Waals surface area contributed by atoms with Crippen LogP contribution in [0.3, 0.4) is 0 Å². The minimum absolute atomic E-state index is 0.653. The van der Waals surface area contributed by atoms with E-state index in [0.717, 1.165) is 17.9 Å². The first-order valence-corrected chi connectivity index (χ1v) is 5.67. The molecule has 4 unspecified atom stereocenters. The first kappa shape index (κ1) is 8.26. The average Bonchev–Trinajstić information content (AvgIpc) is 2.33. The third-order valence-corrected chi connectivity index (χ3v) is 4.18. The van der Waals surface area contributed by atoms with Gasteiger partial charge in [0, 0.05) is 12.0 Å². The minimum atomic E-state index is 0.653. The summed E-state index contributed by atoms with van der Waals surface area (Å²) in [5.41, 5.74) is 6.69. The maximum atomic E-state index is 3.37. The van der Waals surface area contributed by atoms with Crippen LogP contribution in [-0.2, 0) is 0 Å². The third kappa shape index (κ3) is 1.55. The number of rotatable bonds is 0. The van der Waals surface area contributed by atoms with Crippen LogP contribution in [0.1, 0.15) is 26.2 Å². The topological polar surface area (TPSA) is 24.1 Å². The lowest BCUT2D eigenvalue weighted by molar-refractivity contribution is 0.265. The standard InChI is InChI=1S/C8H15IN2/c1-5-2-3-7-6(4-5)8(9)11-10-7/h5-8,10-11H,2-4H2,1H3. The molecule has 0 bridgehead atoms. The molecule has 0 spiro atoms. The maximum absolute atomic E-state index is 3.37. The highest BCUT2D eigenvalue weighted by atomic mass is 127. The zero-order chi connectivity index (χ0) is 7.84. The SMILES string of the molecule is CC1CCC2NNC(I)C2C1. The summed E-state index contributed by atoms with van der Waals surface area (Å²) in [5.74, 6) is 1.81. The fraction of sp³-hybridized carbons (Fsp3) is 1.00. The van der Waals surface area contributed by atoms with E-state index in [1.807, 2.05) is 0 Å². The Morgan fingerprint density at radius 3 is 2.91 bits per heavy atom. The van der Waals surface area contributed by atoms with E-state index in [-0.39, 0.29) is 0 Å². The second-order valence-electron chi connectivity index (χ2n) is 3.88. The van der Waals surface area contributed by atoms with Crippen LogP contribution in [0.4, 0.5) is 0 Å². The minimum Gasteiger partial charge on any atom is -0.253 e. The van der Waals surface area contributed by atoms with Gasteiger partial charge in [-0.2, -0.15) is 0 Å². The summed E-state index contributed by atoms with van der Waals surface area (Å²) < 4.78 is 0.653. The summed E-state index contributed by atoms with van der Waals surface area (Å²) in [6, 6.07) is 0.757. The van der Waals surface area contributed by atoms with E-state index in [4.69, 9.17) is 0 Å². The van der Waals surface area contributed by atoms with Crippen molar-refractivity contribution in [2.45, 2.75) is 36.3 Å². The number of halogens is 1. The second kappa shape index (κ2) is 3.18. The van der Waals surface area contributed by atoms with Crippen LogP contribution >= 0.6 is 22.6 Å². The Balaban J connectivity index is 2.01. The van der Waals surface area contributed by atoms with Gasteiger partial charge in [0.25, 0.3) is 0 Å². The van der Waals surface area contributed by atoms with E-state index in [9.17, 15) is 0 Å². The summed E-state index contributed by atoms with van der Waals surface area (Å²) in [7, 11) is 0. The van der Waals surface area contributed by atoms with Crippen LogP contribution in [0.5, 0.6) is 0 Å². The van der Waals surface area contributed by atoms with E-state index in [2.05, 4.69) is 40.4 Å². The lowest BCUT2D eigenvalue weighted by Crippen LogP contribution is -2.34. The van der Waals surface area contributed by atoms with E-state index < -0.39 is 0 Å². The van der Waals surface area contributed by atoms with Crippen LogP contribution in [0.2, 0.25) is 0 Å². The molecular weight excluding hydrogens is 251 g/mol. The van der Waals surface area contributed by atoms with Crippen molar-refractivity contribution < 1.29 is 0 Å². The van der Waals surface area contributed by atoms with Crippen molar-refractivity contribution in [3.05, 3.63) is 0 Å². The number of fused-ring (bicyclic) bond motifs is 1. The third-order valence-electron chi connectivity index (χ3n) is 2.94. The number of hydrazine groups is 1. The zero-order valence-electron chi connectivity index (χ0n) is 6.81. The van der Waals surface area contributed by atoms with Crippen LogP contribution in [0.15, 0.2) is 0 Å². The van der Waals surface area contributed by atoms with Gasteiger partial charge in [0.15, 0.2) is 0 Å². The van der Waals surface area contributed by atoms with E-state index in [1.54, 1.807) is 0 Å². The quantitative estimate of drug-likeness (QED) is 0.396. The molecule has 2 fully saturated rings. The van der Waals surface area contributed by atoms with Gasteiger partial charge in [0.2, 0.25) is 0 Å². The highest BCUT2D eigenvalue weighted by Gasteiger charge is 2.37. The summed E-state index contributed by atoms with van der Waals surface area (Å²) in [6.45, 7) is 2.37. The normalized spacial score (nSPS) is 50.7. The Morgan fingerprint density at radius 2 is 2.09 bits per heavy atom. The molecule has 1 saturated heterocycles.